The van der Waals surface area contributed by atoms with Gasteiger partial charge in [-0.15, -0.1) is 10.2 Å². The highest BCUT2D eigenvalue weighted by Gasteiger charge is 2.38. The van der Waals surface area contributed by atoms with Crippen molar-refractivity contribution in [2.45, 2.75) is 6.18 Å². The molecule has 0 spiro atoms. The van der Waals surface area contributed by atoms with Crippen LogP contribution in [0.1, 0.15) is 5.89 Å². The summed E-state index contributed by atoms with van der Waals surface area (Å²) in [6, 6.07) is 6.65. The van der Waals surface area contributed by atoms with Gasteiger partial charge in [-0.2, -0.15) is 13.2 Å². The van der Waals surface area contributed by atoms with Crippen LogP contribution in [0.15, 0.2) is 33.2 Å². The minimum absolute atomic E-state index is 0.167. The molecular weight excluding hydrogens is 289 g/mol. The van der Waals surface area contributed by atoms with Gasteiger partial charge in [0.1, 0.15) is 0 Å². The van der Waals surface area contributed by atoms with Crippen molar-refractivity contribution in [3.63, 3.8) is 0 Å². The van der Waals surface area contributed by atoms with Crippen molar-refractivity contribution < 1.29 is 17.6 Å². The molecule has 0 fully saturated rings. The van der Waals surface area contributed by atoms with Crippen molar-refractivity contribution >= 4 is 15.9 Å². The molecular formula is C9H4BrF3N2O. The zero-order valence-corrected chi connectivity index (χ0v) is 9.21. The minimum Gasteiger partial charge on any atom is -0.413 e. The molecule has 0 amide bonds. The van der Waals surface area contributed by atoms with E-state index in [4.69, 9.17) is 0 Å². The lowest BCUT2D eigenvalue weighted by Gasteiger charge is -1.99. The van der Waals surface area contributed by atoms with Crippen molar-refractivity contribution in [3.8, 4) is 11.5 Å². The van der Waals surface area contributed by atoms with E-state index in [1.807, 2.05) is 0 Å². The van der Waals surface area contributed by atoms with Crippen molar-refractivity contribution in [3.05, 3.63) is 34.6 Å². The number of halogens is 4. The summed E-state index contributed by atoms with van der Waals surface area (Å²) in [6.45, 7) is 0. The predicted molar refractivity (Wildman–Crippen MR) is 52.4 cm³/mol. The molecule has 0 atom stereocenters. The van der Waals surface area contributed by atoms with Gasteiger partial charge in [0.2, 0.25) is 5.89 Å². The third-order valence-electron chi connectivity index (χ3n) is 1.77. The number of hydrogen-bond acceptors (Lipinski definition) is 3. The summed E-state index contributed by atoms with van der Waals surface area (Å²) < 4.78 is 41.8. The molecule has 0 unspecified atom stereocenters. The van der Waals surface area contributed by atoms with E-state index in [1.165, 1.54) is 0 Å². The van der Waals surface area contributed by atoms with Gasteiger partial charge in [-0.05, 0) is 28.1 Å². The van der Waals surface area contributed by atoms with E-state index in [-0.39, 0.29) is 5.89 Å². The molecule has 2 aromatic rings. The molecule has 1 aromatic carbocycles. The number of benzene rings is 1. The number of nitrogens with zero attached hydrogens (tertiary/aromatic N) is 2. The van der Waals surface area contributed by atoms with Crippen LogP contribution in [0, 0.1) is 0 Å². The Balaban J connectivity index is 2.44. The van der Waals surface area contributed by atoms with Gasteiger partial charge in [-0.3, -0.25) is 0 Å². The van der Waals surface area contributed by atoms with Crippen LogP contribution >= 0.6 is 15.9 Å². The summed E-state index contributed by atoms with van der Waals surface area (Å²) in [5.74, 6) is -1.52. The van der Waals surface area contributed by atoms with Gasteiger partial charge in [0, 0.05) is 4.47 Å². The van der Waals surface area contributed by atoms with E-state index < -0.39 is 12.1 Å². The largest absolute Gasteiger partial charge is 0.470 e. The number of hydrogen-bond donors (Lipinski definition) is 0. The molecule has 1 heterocycles. The third kappa shape index (κ3) is 2.08. The highest BCUT2D eigenvalue weighted by molar-refractivity contribution is 9.10. The fourth-order valence-corrected chi connectivity index (χ4v) is 1.54. The van der Waals surface area contributed by atoms with Crippen LogP contribution in [-0.4, -0.2) is 10.2 Å². The quantitative estimate of drug-likeness (QED) is 0.807. The molecule has 84 valence electrons. The first-order valence-corrected chi connectivity index (χ1v) is 4.93. The van der Waals surface area contributed by atoms with Gasteiger partial charge >= 0.3 is 12.1 Å². The summed E-state index contributed by atoms with van der Waals surface area (Å²) in [5, 5.41) is 6.29. The fourth-order valence-electron chi connectivity index (χ4n) is 1.08. The summed E-state index contributed by atoms with van der Waals surface area (Å²) in [5.41, 5.74) is 0.422. The average molecular weight is 293 g/mol. The maximum Gasteiger partial charge on any atom is 0.470 e. The van der Waals surface area contributed by atoms with E-state index in [0.717, 1.165) is 0 Å². The Morgan fingerprint density at radius 3 is 2.38 bits per heavy atom. The maximum atomic E-state index is 12.2. The van der Waals surface area contributed by atoms with Crippen molar-refractivity contribution in [1.82, 2.24) is 10.2 Å². The van der Waals surface area contributed by atoms with Gasteiger partial charge in [0.15, 0.2) is 0 Å². The molecule has 0 aliphatic carbocycles. The van der Waals surface area contributed by atoms with Crippen LogP contribution in [0.4, 0.5) is 13.2 Å². The van der Waals surface area contributed by atoms with E-state index in [0.29, 0.717) is 10.0 Å². The third-order valence-corrected chi connectivity index (χ3v) is 2.46. The SMILES string of the molecule is FC(F)(F)c1nnc(-c2ccccc2Br)o1. The van der Waals surface area contributed by atoms with Gasteiger partial charge in [-0.1, -0.05) is 12.1 Å². The van der Waals surface area contributed by atoms with Crippen molar-refractivity contribution in [2.75, 3.05) is 0 Å². The van der Waals surface area contributed by atoms with Gasteiger partial charge < -0.3 is 4.42 Å². The summed E-state index contributed by atoms with van der Waals surface area (Å²) in [7, 11) is 0. The second kappa shape index (κ2) is 3.89. The summed E-state index contributed by atoms with van der Waals surface area (Å²) in [6.07, 6.45) is -4.62. The maximum absolute atomic E-state index is 12.2. The average Bonchev–Trinajstić information content (AvgIpc) is 2.66. The number of rotatable bonds is 1. The lowest BCUT2D eigenvalue weighted by Crippen LogP contribution is -2.04. The summed E-state index contributed by atoms with van der Waals surface area (Å²) >= 11 is 3.18. The molecule has 0 bridgehead atoms. The molecule has 0 N–H and O–H groups in total. The minimum atomic E-state index is -4.62. The molecule has 0 radical (unpaired) electrons. The van der Waals surface area contributed by atoms with Crippen LogP contribution in [0.25, 0.3) is 11.5 Å². The van der Waals surface area contributed by atoms with E-state index in [1.54, 1.807) is 24.3 Å². The Morgan fingerprint density at radius 2 is 1.81 bits per heavy atom. The zero-order chi connectivity index (χ0) is 11.8. The highest BCUT2D eigenvalue weighted by Crippen LogP contribution is 2.32. The molecule has 0 aliphatic heterocycles. The Bertz CT molecular complexity index is 509. The topological polar surface area (TPSA) is 38.9 Å². The van der Waals surface area contributed by atoms with E-state index >= 15 is 0 Å². The zero-order valence-electron chi connectivity index (χ0n) is 7.62. The lowest BCUT2D eigenvalue weighted by atomic mass is 10.2. The Labute approximate surface area is 96.4 Å². The molecule has 0 saturated heterocycles. The van der Waals surface area contributed by atoms with Gasteiger partial charge in [0.05, 0.1) is 5.56 Å². The second-order valence-electron chi connectivity index (χ2n) is 2.89. The molecule has 0 aliphatic rings. The Hall–Kier alpha value is -1.37. The van der Waals surface area contributed by atoms with Crippen LogP contribution in [0.2, 0.25) is 0 Å². The Kier molecular flexibility index (Phi) is 2.71. The van der Waals surface area contributed by atoms with Crippen molar-refractivity contribution in [2.24, 2.45) is 0 Å². The van der Waals surface area contributed by atoms with E-state index in [9.17, 15) is 13.2 Å². The first kappa shape index (κ1) is 11.1. The molecule has 0 saturated carbocycles. The number of alkyl halides is 3. The first-order chi connectivity index (χ1) is 7.48. The second-order valence-corrected chi connectivity index (χ2v) is 3.74. The van der Waals surface area contributed by atoms with Crippen LogP contribution in [0.5, 0.6) is 0 Å². The molecule has 16 heavy (non-hydrogen) atoms. The van der Waals surface area contributed by atoms with Crippen LogP contribution in [0.3, 0.4) is 0 Å². The van der Waals surface area contributed by atoms with Crippen molar-refractivity contribution in [1.29, 1.82) is 0 Å². The smallest absolute Gasteiger partial charge is 0.413 e. The van der Waals surface area contributed by atoms with Crippen LogP contribution < -0.4 is 0 Å². The highest BCUT2D eigenvalue weighted by atomic mass is 79.9. The monoisotopic (exact) mass is 292 g/mol. The lowest BCUT2D eigenvalue weighted by molar-refractivity contribution is -0.156. The molecule has 3 nitrogen and oxygen atoms in total. The number of aromatic nitrogens is 2. The Morgan fingerprint density at radius 1 is 1.12 bits per heavy atom. The normalized spacial score (nSPS) is 11.8. The predicted octanol–water partition coefficient (Wildman–Crippen LogP) is 3.52. The van der Waals surface area contributed by atoms with E-state index in [2.05, 4.69) is 30.5 Å². The first-order valence-electron chi connectivity index (χ1n) is 4.14. The molecule has 7 heteroatoms. The van der Waals surface area contributed by atoms with Gasteiger partial charge in [-0.25, -0.2) is 0 Å². The standard InChI is InChI=1S/C9H4BrF3N2O/c10-6-4-2-1-3-5(6)7-14-15-8(16-7)9(11,12)13/h1-4H. The van der Waals surface area contributed by atoms with Crippen LogP contribution in [-0.2, 0) is 6.18 Å². The summed E-state index contributed by atoms with van der Waals surface area (Å²) in [4.78, 5) is 0. The molecule has 2 rings (SSSR count). The molecule has 1 aromatic heterocycles. The van der Waals surface area contributed by atoms with Gasteiger partial charge in [0.25, 0.3) is 0 Å². The fraction of sp³-hybridized carbons (Fsp3) is 0.111.